The first-order valence-corrected chi connectivity index (χ1v) is 8.62. The number of fused-ring (bicyclic) bond motifs is 1. The zero-order valence-electron chi connectivity index (χ0n) is 12.5. The van der Waals surface area contributed by atoms with E-state index in [1.807, 2.05) is 0 Å². The summed E-state index contributed by atoms with van der Waals surface area (Å²) in [6.45, 7) is 2.61. The first-order chi connectivity index (χ1) is 11.6. The van der Waals surface area contributed by atoms with Gasteiger partial charge < -0.3 is 9.84 Å². The van der Waals surface area contributed by atoms with Gasteiger partial charge in [0.05, 0.1) is 29.2 Å². The Balaban J connectivity index is 1.84. The molecule has 0 radical (unpaired) electrons. The number of benzene rings is 1. The molecule has 0 bridgehead atoms. The predicted molar refractivity (Wildman–Crippen MR) is 88.2 cm³/mol. The molecule has 24 heavy (non-hydrogen) atoms. The monoisotopic (exact) mass is 368 g/mol. The van der Waals surface area contributed by atoms with E-state index in [-0.39, 0.29) is 16.9 Å². The van der Waals surface area contributed by atoms with Gasteiger partial charge in [0.25, 0.3) is 0 Å². The van der Waals surface area contributed by atoms with Gasteiger partial charge >= 0.3 is 0 Å². The molecule has 2 aromatic heterocycles. The van der Waals surface area contributed by atoms with E-state index in [2.05, 4.69) is 15.0 Å². The largest absolute Gasteiger partial charge is 0.492 e. The van der Waals surface area contributed by atoms with E-state index in [0.29, 0.717) is 36.1 Å². The van der Waals surface area contributed by atoms with E-state index in [0.717, 1.165) is 5.56 Å². The molecule has 1 N–H and O–H groups in total. The number of ether oxygens (including phenoxy) is 1. The van der Waals surface area contributed by atoms with E-state index in [1.165, 1.54) is 28.2 Å². The van der Waals surface area contributed by atoms with Crippen LogP contribution >= 0.6 is 22.9 Å². The Kier molecular flexibility index (Phi) is 4.13. The van der Waals surface area contributed by atoms with Crippen molar-refractivity contribution in [2.45, 2.75) is 6.04 Å². The van der Waals surface area contributed by atoms with Crippen LogP contribution < -0.4 is 0 Å². The molecule has 3 aromatic rings. The molecule has 126 valence electrons. The van der Waals surface area contributed by atoms with Crippen molar-refractivity contribution in [2.24, 2.45) is 0 Å². The van der Waals surface area contributed by atoms with Crippen LogP contribution in [0, 0.1) is 5.82 Å². The van der Waals surface area contributed by atoms with Crippen molar-refractivity contribution in [3.05, 3.63) is 45.8 Å². The molecule has 9 heteroatoms. The molecule has 0 amide bonds. The highest BCUT2D eigenvalue weighted by Crippen LogP contribution is 2.40. The number of aromatic hydroxyl groups is 1. The second kappa shape index (κ2) is 6.29. The Morgan fingerprint density at radius 3 is 2.83 bits per heavy atom. The molecule has 1 fully saturated rings. The zero-order valence-corrected chi connectivity index (χ0v) is 14.1. The quantitative estimate of drug-likeness (QED) is 0.770. The van der Waals surface area contributed by atoms with Gasteiger partial charge in [-0.05, 0) is 17.7 Å². The van der Waals surface area contributed by atoms with E-state index in [1.54, 1.807) is 12.1 Å². The molecule has 0 saturated carbocycles. The van der Waals surface area contributed by atoms with Crippen LogP contribution in [-0.2, 0) is 4.74 Å². The van der Waals surface area contributed by atoms with E-state index < -0.39 is 5.82 Å². The maximum absolute atomic E-state index is 13.6. The Morgan fingerprint density at radius 2 is 2.12 bits per heavy atom. The SMILES string of the molecule is Oc1c(C(c2ccc(F)c(Cl)c2)N2CCOCC2)sc2ncnn12. The molecule has 3 heterocycles. The van der Waals surface area contributed by atoms with Crippen molar-refractivity contribution in [1.29, 1.82) is 0 Å². The van der Waals surface area contributed by atoms with Gasteiger partial charge in [-0.2, -0.15) is 9.61 Å². The van der Waals surface area contributed by atoms with Crippen LogP contribution in [0.25, 0.3) is 4.96 Å². The van der Waals surface area contributed by atoms with Gasteiger partial charge in [-0.25, -0.2) is 9.37 Å². The second-order valence-electron chi connectivity index (χ2n) is 5.47. The standard InChI is InChI=1S/C15H14ClFN4O2S/c16-10-7-9(1-2-11(10)17)12(20-3-5-23-6-4-20)13-14(22)21-15(24-13)18-8-19-21/h1-2,7-8,12,22H,3-6H2. The number of morpholine rings is 1. The van der Waals surface area contributed by atoms with Crippen molar-refractivity contribution in [1.82, 2.24) is 19.5 Å². The van der Waals surface area contributed by atoms with Crippen LogP contribution in [0.4, 0.5) is 4.39 Å². The van der Waals surface area contributed by atoms with Gasteiger partial charge in [0.2, 0.25) is 10.8 Å². The fourth-order valence-electron chi connectivity index (χ4n) is 2.92. The highest BCUT2D eigenvalue weighted by molar-refractivity contribution is 7.17. The van der Waals surface area contributed by atoms with Gasteiger partial charge in [0.1, 0.15) is 12.1 Å². The minimum Gasteiger partial charge on any atom is -0.492 e. The van der Waals surface area contributed by atoms with Gasteiger partial charge in [0.15, 0.2) is 0 Å². The van der Waals surface area contributed by atoms with Crippen LogP contribution in [0.3, 0.4) is 0 Å². The minimum atomic E-state index is -0.465. The molecule has 1 aliphatic rings. The summed E-state index contributed by atoms with van der Waals surface area (Å²) < 4.78 is 20.4. The molecule has 1 saturated heterocycles. The third-order valence-electron chi connectivity index (χ3n) is 4.06. The van der Waals surface area contributed by atoms with Crippen molar-refractivity contribution >= 4 is 27.9 Å². The summed E-state index contributed by atoms with van der Waals surface area (Å²) in [5.41, 5.74) is 0.808. The summed E-state index contributed by atoms with van der Waals surface area (Å²) in [5.74, 6) is -0.419. The highest BCUT2D eigenvalue weighted by Gasteiger charge is 2.30. The average Bonchev–Trinajstić information content (AvgIpc) is 3.16. The Morgan fingerprint density at radius 1 is 1.33 bits per heavy atom. The first kappa shape index (κ1) is 15.8. The van der Waals surface area contributed by atoms with Gasteiger partial charge in [-0.3, -0.25) is 4.90 Å². The smallest absolute Gasteiger partial charge is 0.230 e. The van der Waals surface area contributed by atoms with E-state index in [4.69, 9.17) is 16.3 Å². The average molecular weight is 369 g/mol. The summed E-state index contributed by atoms with van der Waals surface area (Å²) in [5, 5.41) is 14.7. The van der Waals surface area contributed by atoms with Crippen LogP contribution in [0.2, 0.25) is 5.02 Å². The van der Waals surface area contributed by atoms with Gasteiger partial charge in [-0.1, -0.05) is 29.0 Å². The third kappa shape index (κ3) is 2.65. The van der Waals surface area contributed by atoms with Crippen LogP contribution in [0.5, 0.6) is 5.88 Å². The summed E-state index contributed by atoms with van der Waals surface area (Å²) in [7, 11) is 0. The van der Waals surface area contributed by atoms with Crippen molar-refractivity contribution in [2.75, 3.05) is 26.3 Å². The summed E-state index contributed by atoms with van der Waals surface area (Å²) >= 11 is 7.33. The molecule has 1 atom stereocenters. The topological polar surface area (TPSA) is 62.9 Å². The van der Waals surface area contributed by atoms with Crippen LogP contribution in [0.15, 0.2) is 24.5 Å². The molecule has 4 rings (SSSR count). The fraction of sp³-hybridized carbons (Fsp3) is 0.333. The lowest BCUT2D eigenvalue weighted by Gasteiger charge is -2.34. The molecule has 6 nitrogen and oxygen atoms in total. The molecule has 1 unspecified atom stereocenters. The third-order valence-corrected chi connectivity index (χ3v) is 5.43. The lowest BCUT2D eigenvalue weighted by atomic mass is 10.0. The van der Waals surface area contributed by atoms with Crippen LogP contribution in [0.1, 0.15) is 16.5 Å². The fourth-order valence-corrected chi connectivity index (χ4v) is 4.20. The lowest BCUT2D eigenvalue weighted by molar-refractivity contribution is 0.0241. The van der Waals surface area contributed by atoms with Gasteiger partial charge in [0, 0.05) is 13.1 Å². The number of thiazole rings is 1. The van der Waals surface area contributed by atoms with E-state index in [9.17, 15) is 9.50 Å². The molecule has 1 aromatic carbocycles. The number of nitrogens with zero attached hydrogens (tertiary/aromatic N) is 4. The number of hydrogen-bond donors (Lipinski definition) is 1. The molecule has 0 spiro atoms. The molecular formula is C15H14ClFN4O2S. The lowest BCUT2D eigenvalue weighted by Crippen LogP contribution is -2.39. The Labute approximate surface area is 146 Å². The maximum atomic E-state index is 13.6. The number of hydrogen-bond acceptors (Lipinski definition) is 6. The van der Waals surface area contributed by atoms with Crippen molar-refractivity contribution in [3.8, 4) is 5.88 Å². The Hall–Kier alpha value is -1.74. The molecular weight excluding hydrogens is 355 g/mol. The first-order valence-electron chi connectivity index (χ1n) is 7.43. The predicted octanol–water partition coefficient (Wildman–Crippen LogP) is 2.71. The van der Waals surface area contributed by atoms with E-state index >= 15 is 0 Å². The van der Waals surface area contributed by atoms with Crippen LogP contribution in [-0.4, -0.2) is 50.9 Å². The highest BCUT2D eigenvalue weighted by atomic mass is 35.5. The normalized spacial score (nSPS) is 17.4. The maximum Gasteiger partial charge on any atom is 0.230 e. The molecule has 0 aliphatic carbocycles. The molecule has 1 aliphatic heterocycles. The summed E-state index contributed by atoms with van der Waals surface area (Å²) in [4.78, 5) is 7.62. The number of halogens is 2. The Bertz CT molecular complexity index is 878. The summed E-state index contributed by atoms with van der Waals surface area (Å²) in [6.07, 6.45) is 1.40. The second-order valence-corrected chi connectivity index (χ2v) is 6.89. The van der Waals surface area contributed by atoms with Crippen molar-refractivity contribution < 1.29 is 14.2 Å². The number of rotatable bonds is 3. The zero-order chi connectivity index (χ0) is 16.7. The van der Waals surface area contributed by atoms with Crippen molar-refractivity contribution in [3.63, 3.8) is 0 Å². The minimum absolute atomic E-state index is 0.0458. The van der Waals surface area contributed by atoms with Gasteiger partial charge in [-0.15, -0.1) is 0 Å². The summed E-state index contributed by atoms with van der Waals surface area (Å²) in [6, 6.07) is 4.38. The number of aromatic nitrogens is 3.